The predicted molar refractivity (Wildman–Crippen MR) is 45.9 cm³/mol. The summed E-state index contributed by atoms with van der Waals surface area (Å²) in [5.74, 6) is 1.18. The monoisotopic (exact) mass is 160 g/mol. The molecule has 2 rings (SSSR count). The van der Waals surface area contributed by atoms with Crippen LogP contribution in [0.15, 0.2) is 34.6 Å². The lowest BCUT2D eigenvalue weighted by atomic mass is 10.5. The van der Waals surface area contributed by atoms with Crippen molar-refractivity contribution in [3.8, 4) is 0 Å². The SMILES string of the molecule is C1=NN=C(Nc2ccccn2)[N]1. The molecule has 0 fully saturated rings. The Balaban J connectivity index is 2.05. The molecule has 0 amide bonds. The van der Waals surface area contributed by atoms with Crippen LogP contribution >= 0.6 is 0 Å². The molecule has 0 saturated heterocycles. The van der Waals surface area contributed by atoms with Gasteiger partial charge in [0.2, 0.25) is 5.96 Å². The molecule has 0 spiro atoms. The van der Waals surface area contributed by atoms with Gasteiger partial charge in [-0.1, -0.05) is 6.07 Å². The number of hydrogen-bond donors (Lipinski definition) is 1. The fourth-order valence-electron chi connectivity index (χ4n) is 0.795. The van der Waals surface area contributed by atoms with E-state index in [1.54, 1.807) is 6.20 Å². The highest BCUT2D eigenvalue weighted by Gasteiger charge is 2.03. The Bertz CT molecular complexity index is 316. The molecular weight excluding hydrogens is 154 g/mol. The minimum absolute atomic E-state index is 0.466. The Morgan fingerprint density at radius 1 is 1.25 bits per heavy atom. The third-order valence-electron chi connectivity index (χ3n) is 1.29. The van der Waals surface area contributed by atoms with Gasteiger partial charge in [0.15, 0.2) is 0 Å². The van der Waals surface area contributed by atoms with Crippen molar-refractivity contribution < 1.29 is 0 Å². The molecule has 5 nitrogen and oxygen atoms in total. The molecule has 12 heavy (non-hydrogen) atoms. The van der Waals surface area contributed by atoms with Crippen molar-refractivity contribution in [2.45, 2.75) is 0 Å². The van der Waals surface area contributed by atoms with Crippen molar-refractivity contribution >= 4 is 18.1 Å². The van der Waals surface area contributed by atoms with Gasteiger partial charge in [0.25, 0.3) is 0 Å². The molecule has 1 aromatic heterocycles. The number of nitrogens with zero attached hydrogens (tertiary/aromatic N) is 4. The van der Waals surface area contributed by atoms with Gasteiger partial charge >= 0.3 is 0 Å². The first-order valence-electron chi connectivity index (χ1n) is 3.43. The van der Waals surface area contributed by atoms with E-state index in [0.717, 1.165) is 0 Å². The first kappa shape index (κ1) is 6.78. The molecular formula is C7H6N5. The van der Waals surface area contributed by atoms with Crippen molar-refractivity contribution in [3.05, 3.63) is 24.4 Å². The van der Waals surface area contributed by atoms with Crippen LogP contribution in [0, 0.1) is 0 Å². The first-order valence-corrected chi connectivity index (χ1v) is 3.43. The van der Waals surface area contributed by atoms with Crippen LogP contribution in [0.5, 0.6) is 0 Å². The second-order valence-electron chi connectivity index (χ2n) is 2.12. The van der Waals surface area contributed by atoms with Crippen LogP contribution < -0.4 is 10.6 Å². The maximum Gasteiger partial charge on any atom is 0.249 e. The number of rotatable bonds is 1. The molecule has 1 aliphatic rings. The number of anilines is 1. The molecule has 1 radical (unpaired) electrons. The minimum atomic E-state index is 0.466. The van der Waals surface area contributed by atoms with Gasteiger partial charge in [-0.25, -0.2) is 4.98 Å². The summed E-state index contributed by atoms with van der Waals surface area (Å²) in [5.41, 5.74) is 0. The van der Waals surface area contributed by atoms with Gasteiger partial charge < -0.3 is 5.32 Å². The largest absolute Gasteiger partial charge is 0.307 e. The number of pyridine rings is 1. The van der Waals surface area contributed by atoms with Gasteiger partial charge in [-0.05, 0) is 12.1 Å². The van der Waals surface area contributed by atoms with E-state index in [2.05, 4.69) is 25.8 Å². The van der Waals surface area contributed by atoms with Crippen LogP contribution in [0.3, 0.4) is 0 Å². The molecule has 59 valence electrons. The molecule has 2 heterocycles. The quantitative estimate of drug-likeness (QED) is 0.646. The molecule has 1 N–H and O–H groups in total. The average molecular weight is 160 g/mol. The van der Waals surface area contributed by atoms with E-state index in [4.69, 9.17) is 0 Å². The van der Waals surface area contributed by atoms with Gasteiger partial charge in [0, 0.05) is 6.20 Å². The van der Waals surface area contributed by atoms with Crippen LogP contribution in [0.2, 0.25) is 0 Å². The average Bonchev–Trinajstić information content (AvgIpc) is 2.59. The lowest BCUT2D eigenvalue weighted by Gasteiger charge is -2.00. The van der Waals surface area contributed by atoms with E-state index in [0.29, 0.717) is 11.8 Å². The van der Waals surface area contributed by atoms with Gasteiger partial charge in [0.05, 0.1) is 0 Å². The Hall–Kier alpha value is -1.91. The van der Waals surface area contributed by atoms with Crippen LogP contribution in [0.1, 0.15) is 0 Å². The molecule has 0 aliphatic carbocycles. The van der Waals surface area contributed by atoms with Crippen LogP contribution in [-0.4, -0.2) is 17.3 Å². The smallest absolute Gasteiger partial charge is 0.249 e. The van der Waals surface area contributed by atoms with E-state index < -0.39 is 0 Å². The summed E-state index contributed by atoms with van der Waals surface area (Å²) in [6.07, 6.45) is 3.07. The highest BCUT2D eigenvalue weighted by atomic mass is 15.4. The van der Waals surface area contributed by atoms with Crippen molar-refractivity contribution in [2.75, 3.05) is 5.32 Å². The maximum atomic E-state index is 4.03. The molecule has 0 bridgehead atoms. The lowest BCUT2D eigenvalue weighted by Crippen LogP contribution is -2.20. The fraction of sp³-hybridized carbons (Fsp3) is 0. The number of nitrogens with one attached hydrogen (secondary N) is 1. The van der Waals surface area contributed by atoms with Gasteiger partial charge in [-0.3, -0.25) is 0 Å². The molecule has 0 saturated carbocycles. The third kappa shape index (κ3) is 1.39. The summed E-state index contributed by atoms with van der Waals surface area (Å²) in [7, 11) is 0. The Morgan fingerprint density at radius 2 is 2.25 bits per heavy atom. The van der Waals surface area contributed by atoms with Crippen molar-refractivity contribution in [3.63, 3.8) is 0 Å². The molecule has 5 heteroatoms. The summed E-state index contributed by atoms with van der Waals surface area (Å²) in [6, 6.07) is 5.55. The van der Waals surface area contributed by atoms with E-state index in [1.165, 1.54) is 6.34 Å². The minimum Gasteiger partial charge on any atom is -0.307 e. The Labute approximate surface area is 69.2 Å². The van der Waals surface area contributed by atoms with E-state index in [1.807, 2.05) is 18.2 Å². The zero-order valence-corrected chi connectivity index (χ0v) is 6.18. The van der Waals surface area contributed by atoms with Crippen LogP contribution in [0.4, 0.5) is 5.82 Å². The topological polar surface area (TPSA) is 63.7 Å². The normalized spacial score (nSPS) is 13.8. The van der Waals surface area contributed by atoms with Gasteiger partial charge in [0.1, 0.15) is 12.2 Å². The molecule has 0 aromatic carbocycles. The lowest BCUT2D eigenvalue weighted by molar-refractivity contribution is 1.25. The summed E-state index contributed by atoms with van der Waals surface area (Å²) in [6.45, 7) is 0. The van der Waals surface area contributed by atoms with E-state index in [9.17, 15) is 0 Å². The fourth-order valence-corrected chi connectivity index (χ4v) is 0.795. The van der Waals surface area contributed by atoms with Crippen molar-refractivity contribution in [1.82, 2.24) is 10.3 Å². The molecule has 1 aliphatic heterocycles. The van der Waals surface area contributed by atoms with Crippen molar-refractivity contribution in [2.24, 2.45) is 10.2 Å². The summed E-state index contributed by atoms with van der Waals surface area (Å²) in [4.78, 5) is 4.03. The number of aromatic nitrogens is 1. The van der Waals surface area contributed by atoms with E-state index in [-0.39, 0.29) is 0 Å². The first-order chi connectivity index (χ1) is 5.95. The standard InChI is InChI=1S/C7H6N5/c1-2-4-8-6(3-1)11-7-9-5-10-12-7/h1-5H,(H,8,11,12). The zero-order chi connectivity index (χ0) is 8.23. The Morgan fingerprint density at radius 3 is 2.92 bits per heavy atom. The third-order valence-corrected chi connectivity index (χ3v) is 1.29. The van der Waals surface area contributed by atoms with Gasteiger partial charge in [-0.2, -0.15) is 5.32 Å². The number of hydrogen-bond acceptors (Lipinski definition) is 4. The molecule has 0 unspecified atom stereocenters. The van der Waals surface area contributed by atoms with Crippen LogP contribution in [0.25, 0.3) is 0 Å². The maximum absolute atomic E-state index is 4.03. The predicted octanol–water partition coefficient (Wildman–Crippen LogP) is 0.411. The van der Waals surface area contributed by atoms with Gasteiger partial charge in [-0.15, -0.1) is 10.2 Å². The molecule has 0 atom stereocenters. The van der Waals surface area contributed by atoms with E-state index >= 15 is 0 Å². The number of guanidine groups is 1. The van der Waals surface area contributed by atoms with Crippen LogP contribution in [-0.2, 0) is 0 Å². The zero-order valence-electron chi connectivity index (χ0n) is 6.18. The molecule has 1 aromatic rings. The summed E-state index contributed by atoms with van der Waals surface area (Å²) >= 11 is 0. The summed E-state index contributed by atoms with van der Waals surface area (Å²) < 4.78 is 0. The second-order valence-corrected chi connectivity index (χ2v) is 2.12. The Kier molecular flexibility index (Phi) is 1.69. The summed E-state index contributed by atoms with van der Waals surface area (Å²) in [5, 5.41) is 14.0. The second kappa shape index (κ2) is 3.00. The van der Waals surface area contributed by atoms with Crippen molar-refractivity contribution in [1.29, 1.82) is 0 Å². The highest BCUT2D eigenvalue weighted by molar-refractivity contribution is 6.01. The highest BCUT2D eigenvalue weighted by Crippen LogP contribution is 2.00.